The SMILES string of the molecule is COC(=O)N1C=CC2Oc3cc(Cl)cc(Cl)c3N(C(=O)c3ccc([N+](=O)[O-])cc3)C21. The fourth-order valence-electron chi connectivity index (χ4n) is 3.40. The van der Waals surface area contributed by atoms with E-state index in [0.717, 1.165) is 0 Å². The van der Waals surface area contributed by atoms with Crippen molar-refractivity contribution in [3.8, 4) is 5.75 Å². The number of fused-ring (bicyclic) bond motifs is 2. The molecule has 30 heavy (non-hydrogen) atoms. The van der Waals surface area contributed by atoms with Gasteiger partial charge in [-0.1, -0.05) is 23.2 Å². The fraction of sp³-hybridized carbons (Fsp3) is 0.158. The van der Waals surface area contributed by atoms with Crippen molar-refractivity contribution in [1.82, 2.24) is 4.90 Å². The zero-order valence-corrected chi connectivity index (χ0v) is 16.8. The van der Waals surface area contributed by atoms with Crippen molar-refractivity contribution in [2.45, 2.75) is 12.3 Å². The highest BCUT2D eigenvalue weighted by Gasteiger charge is 2.47. The summed E-state index contributed by atoms with van der Waals surface area (Å²) < 4.78 is 10.7. The zero-order chi connectivity index (χ0) is 21.6. The van der Waals surface area contributed by atoms with Gasteiger partial charge in [0.1, 0.15) is 11.4 Å². The lowest BCUT2D eigenvalue weighted by atomic mass is 10.1. The van der Waals surface area contributed by atoms with E-state index >= 15 is 0 Å². The number of halogens is 2. The summed E-state index contributed by atoms with van der Waals surface area (Å²) >= 11 is 12.5. The predicted octanol–water partition coefficient (Wildman–Crippen LogP) is 4.23. The van der Waals surface area contributed by atoms with Gasteiger partial charge in [-0.2, -0.15) is 0 Å². The van der Waals surface area contributed by atoms with Gasteiger partial charge in [0, 0.05) is 35.0 Å². The number of ether oxygens (including phenoxy) is 2. The number of hydrogen-bond acceptors (Lipinski definition) is 6. The Kier molecular flexibility index (Phi) is 5.00. The molecule has 0 aliphatic carbocycles. The average molecular weight is 450 g/mol. The highest BCUT2D eigenvalue weighted by atomic mass is 35.5. The Balaban J connectivity index is 1.84. The van der Waals surface area contributed by atoms with Crippen molar-refractivity contribution in [2.75, 3.05) is 12.0 Å². The number of carbonyl (C=O) groups is 2. The third-order valence-corrected chi connectivity index (χ3v) is 5.21. The summed E-state index contributed by atoms with van der Waals surface area (Å²) in [5, 5.41) is 11.4. The number of benzene rings is 2. The van der Waals surface area contributed by atoms with Crippen molar-refractivity contribution in [2.24, 2.45) is 0 Å². The van der Waals surface area contributed by atoms with Crippen LogP contribution in [0.1, 0.15) is 10.4 Å². The van der Waals surface area contributed by atoms with Gasteiger partial charge in [-0.15, -0.1) is 0 Å². The van der Waals surface area contributed by atoms with E-state index in [2.05, 4.69) is 0 Å². The molecule has 0 spiro atoms. The topological polar surface area (TPSA) is 102 Å². The molecule has 0 fully saturated rings. The lowest BCUT2D eigenvalue weighted by Gasteiger charge is -2.42. The molecule has 0 radical (unpaired) electrons. The van der Waals surface area contributed by atoms with Crippen LogP contribution in [0.15, 0.2) is 48.7 Å². The average Bonchev–Trinajstić information content (AvgIpc) is 3.14. The molecule has 0 N–H and O–H groups in total. The highest BCUT2D eigenvalue weighted by Crippen LogP contribution is 2.46. The quantitative estimate of drug-likeness (QED) is 0.501. The number of methoxy groups -OCH3 is 1. The normalized spacial score (nSPS) is 19.0. The van der Waals surface area contributed by atoms with E-state index in [1.807, 2.05) is 0 Å². The Morgan fingerprint density at radius 2 is 1.90 bits per heavy atom. The first kappa shape index (κ1) is 20.0. The molecule has 2 aromatic rings. The Hall–Kier alpha value is -3.30. The third-order valence-electron chi connectivity index (χ3n) is 4.71. The number of anilines is 1. The van der Waals surface area contributed by atoms with E-state index in [9.17, 15) is 19.7 Å². The summed E-state index contributed by atoms with van der Waals surface area (Å²) in [7, 11) is 1.22. The van der Waals surface area contributed by atoms with Crippen molar-refractivity contribution in [3.05, 3.63) is 74.4 Å². The first-order valence-corrected chi connectivity index (χ1v) is 9.35. The number of nitro benzene ring substituents is 1. The smallest absolute Gasteiger partial charge is 0.415 e. The van der Waals surface area contributed by atoms with E-state index in [1.54, 1.807) is 6.08 Å². The number of nitrogens with zero attached hydrogens (tertiary/aromatic N) is 3. The number of hydrogen-bond donors (Lipinski definition) is 0. The number of amides is 2. The second-order valence-corrected chi connectivity index (χ2v) is 7.27. The molecule has 0 saturated heterocycles. The standard InChI is InChI=1S/C19H13Cl2N3O6/c1-29-19(26)22-7-6-14-17(22)23(16-13(21)8-11(20)9-15(16)30-14)18(25)10-2-4-12(5-3-10)24(27)28/h2-9,14,17H,1H3. The van der Waals surface area contributed by atoms with E-state index in [1.165, 1.54) is 59.5 Å². The van der Waals surface area contributed by atoms with E-state index in [0.29, 0.717) is 5.02 Å². The second-order valence-electron chi connectivity index (χ2n) is 6.43. The maximum atomic E-state index is 13.5. The Labute approximate surface area is 180 Å². The minimum Gasteiger partial charge on any atom is -0.480 e. The molecule has 11 heteroatoms. The Morgan fingerprint density at radius 1 is 1.20 bits per heavy atom. The molecule has 9 nitrogen and oxygen atoms in total. The van der Waals surface area contributed by atoms with Crippen LogP contribution in [0.4, 0.5) is 16.2 Å². The molecule has 2 heterocycles. The van der Waals surface area contributed by atoms with Crippen LogP contribution in [0.25, 0.3) is 0 Å². The summed E-state index contributed by atoms with van der Waals surface area (Å²) in [5.74, 6) is -0.272. The van der Waals surface area contributed by atoms with Crippen molar-refractivity contribution in [3.63, 3.8) is 0 Å². The zero-order valence-electron chi connectivity index (χ0n) is 15.3. The van der Waals surface area contributed by atoms with Gasteiger partial charge in [0.2, 0.25) is 0 Å². The molecule has 2 aliphatic rings. The predicted molar refractivity (Wildman–Crippen MR) is 108 cm³/mol. The second kappa shape index (κ2) is 7.51. The molecular formula is C19H13Cl2N3O6. The maximum Gasteiger partial charge on any atom is 0.415 e. The van der Waals surface area contributed by atoms with Gasteiger partial charge < -0.3 is 9.47 Å². The summed E-state index contributed by atoms with van der Waals surface area (Å²) in [6.07, 6.45) is 0.755. The lowest BCUT2D eigenvalue weighted by molar-refractivity contribution is -0.384. The third kappa shape index (κ3) is 3.21. The van der Waals surface area contributed by atoms with Crippen LogP contribution in [0.2, 0.25) is 10.0 Å². The molecule has 2 aromatic carbocycles. The van der Waals surface area contributed by atoms with Crippen molar-refractivity contribution < 1.29 is 24.0 Å². The van der Waals surface area contributed by atoms with E-state index < -0.39 is 29.2 Å². The Bertz CT molecular complexity index is 1090. The Morgan fingerprint density at radius 3 is 2.53 bits per heavy atom. The summed E-state index contributed by atoms with van der Waals surface area (Å²) in [6, 6.07) is 8.08. The summed E-state index contributed by atoms with van der Waals surface area (Å²) in [6.45, 7) is 0. The largest absolute Gasteiger partial charge is 0.480 e. The lowest BCUT2D eigenvalue weighted by Crippen LogP contribution is -2.57. The molecule has 2 amide bonds. The fourth-order valence-corrected chi connectivity index (χ4v) is 3.97. The van der Waals surface area contributed by atoms with Crippen LogP contribution in [0.5, 0.6) is 5.75 Å². The minimum atomic E-state index is -0.911. The number of non-ortho nitro benzene ring substituents is 1. The maximum absolute atomic E-state index is 13.5. The van der Waals surface area contributed by atoms with Gasteiger partial charge in [-0.05, 0) is 24.3 Å². The van der Waals surface area contributed by atoms with Gasteiger partial charge in [0.15, 0.2) is 12.3 Å². The molecule has 2 atom stereocenters. The number of nitro groups is 1. The summed E-state index contributed by atoms with van der Waals surface area (Å²) in [4.78, 5) is 38.6. The van der Waals surface area contributed by atoms with Crippen LogP contribution in [-0.2, 0) is 4.74 Å². The van der Waals surface area contributed by atoms with Gasteiger partial charge in [-0.3, -0.25) is 24.7 Å². The van der Waals surface area contributed by atoms with Crippen molar-refractivity contribution >= 4 is 46.6 Å². The van der Waals surface area contributed by atoms with Crippen molar-refractivity contribution in [1.29, 1.82) is 0 Å². The molecule has 4 rings (SSSR count). The molecular weight excluding hydrogens is 437 g/mol. The molecule has 2 unspecified atom stereocenters. The summed E-state index contributed by atoms with van der Waals surface area (Å²) in [5.41, 5.74) is 0.230. The van der Waals surface area contributed by atoms with E-state index in [4.69, 9.17) is 32.7 Å². The van der Waals surface area contributed by atoms with Crippen LogP contribution in [0, 0.1) is 10.1 Å². The first-order chi connectivity index (χ1) is 14.3. The van der Waals surface area contributed by atoms with Crippen LogP contribution in [-0.4, -0.2) is 41.2 Å². The van der Waals surface area contributed by atoms with Gasteiger partial charge in [0.05, 0.1) is 17.1 Å². The molecule has 0 saturated carbocycles. The highest BCUT2D eigenvalue weighted by molar-refractivity contribution is 6.37. The van der Waals surface area contributed by atoms with Gasteiger partial charge in [0.25, 0.3) is 11.6 Å². The monoisotopic (exact) mass is 449 g/mol. The van der Waals surface area contributed by atoms with Gasteiger partial charge >= 0.3 is 6.09 Å². The molecule has 0 aromatic heterocycles. The molecule has 154 valence electrons. The van der Waals surface area contributed by atoms with Crippen LogP contribution < -0.4 is 9.64 Å². The minimum absolute atomic E-state index is 0.142. The first-order valence-electron chi connectivity index (χ1n) is 8.60. The van der Waals surface area contributed by atoms with Crippen LogP contribution >= 0.6 is 23.2 Å². The molecule has 0 bridgehead atoms. The molecule has 2 aliphatic heterocycles. The van der Waals surface area contributed by atoms with E-state index in [-0.39, 0.29) is 27.7 Å². The van der Waals surface area contributed by atoms with Crippen LogP contribution in [0.3, 0.4) is 0 Å². The number of rotatable bonds is 2. The number of carbonyl (C=O) groups excluding carboxylic acids is 2. The van der Waals surface area contributed by atoms with Gasteiger partial charge in [-0.25, -0.2) is 4.79 Å².